The van der Waals surface area contributed by atoms with Gasteiger partial charge < -0.3 is 15.1 Å². The van der Waals surface area contributed by atoms with Crippen molar-refractivity contribution >= 4 is 33.8 Å². The lowest BCUT2D eigenvalue weighted by Gasteiger charge is -2.23. The first-order valence-electron chi connectivity index (χ1n) is 11.2. The fourth-order valence-electron chi connectivity index (χ4n) is 3.91. The number of halogens is 1. The summed E-state index contributed by atoms with van der Waals surface area (Å²) in [6.07, 6.45) is 6.92. The minimum Gasteiger partial charge on any atom is -0.457 e. The van der Waals surface area contributed by atoms with Crippen LogP contribution in [0.5, 0.6) is 0 Å². The zero-order valence-corrected chi connectivity index (χ0v) is 20.2. The summed E-state index contributed by atoms with van der Waals surface area (Å²) in [6, 6.07) is 18.8. The van der Waals surface area contributed by atoms with Gasteiger partial charge in [-0.15, -0.1) is 0 Å². The highest BCUT2D eigenvalue weighted by Gasteiger charge is 2.20. The zero-order chi connectivity index (χ0) is 23.2. The van der Waals surface area contributed by atoms with Gasteiger partial charge in [-0.1, -0.05) is 65.0 Å². The van der Waals surface area contributed by atoms with Crippen molar-refractivity contribution in [3.63, 3.8) is 0 Å². The van der Waals surface area contributed by atoms with Gasteiger partial charge in [-0.25, -0.2) is 0 Å². The summed E-state index contributed by atoms with van der Waals surface area (Å²) in [5.74, 6) is 0.542. The molecule has 0 aliphatic heterocycles. The Bertz CT molecular complexity index is 1140. The molecule has 0 bridgehead atoms. The quantitative estimate of drug-likeness (QED) is 0.388. The van der Waals surface area contributed by atoms with Crippen LogP contribution in [0.2, 0.25) is 0 Å². The SMILES string of the molecule is Cc1ccc(C(=O)NC(=Cc2ccc(-c3ccc(Br)cc3)o2)C(=O)NC2CCCCC2)cc1. The molecule has 0 saturated heterocycles. The van der Waals surface area contributed by atoms with Crippen LogP contribution in [0.4, 0.5) is 0 Å². The van der Waals surface area contributed by atoms with Crippen LogP contribution >= 0.6 is 15.9 Å². The van der Waals surface area contributed by atoms with Gasteiger partial charge in [0.25, 0.3) is 11.8 Å². The van der Waals surface area contributed by atoms with Crippen molar-refractivity contribution in [3.8, 4) is 11.3 Å². The molecule has 3 aromatic rings. The van der Waals surface area contributed by atoms with E-state index in [1.54, 1.807) is 24.3 Å². The van der Waals surface area contributed by atoms with Gasteiger partial charge in [0.05, 0.1) is 0 Å². The van der Waals surface area contributed by atoms with E-state index in [9.17, 15) is 9.59 Å². The average Bonchev–Trinajstić information content (AvgIpc) is 3.28. The molecule has 2 amide bonds. The highest BCUT2D eigenvalue weighted by atomic mass is 79.9. The lowest BCUT2D eigenvalue weighted by Crippen LogP contribution is -2.41. The van der Waals surface area contributed by atoms with Crippen LogP contribution < -0.4 is 10.6 Å². The molecule has 1 aliphatic rings. The van der Waals surface area contributed by atoms with Crippen molar-refractivity contribution in [1.82, 2.24) is 10.6 Å². The number of hydrogen-bond acceptors (Lipinski definition) is 3. The molecule has 0 spiro atoms. The Morgan fingerprint density at radius 2 is 1.64 bits per heavy atom. The summed E-state index contributed by atoms with van der Waals surface area (Å²) >= 11 is 3.43. The summed E-state index contributed by atoms with van der Waals surface area (Å²) in [7, 11) is 0. The van der Waals surface area contributed by atoms with E-state index >= 15 is 0 Å². The number of nitrogens with one attached hydrogen (secondary N) is 2. The molecule has 0 atom stereocenters. The third kappa shape index (κ3) is 6.23. The van der Waals surface area contributed by atoms with Gasteiger partial charge in [0.15, 0.2) is 0 Å². The molecule has 2 N–H and O–H groups in total. The molecule has 6 heteroatoms. The second-order valence-electron chi connectivity index (χ2n) is 8.40. The monoisotopic (exact) mass is 506 g/mol. The van der Waals surface area contributed by atoms with Crippen LogP contribution in [-0.2, 0) is 4.79 Å². The molecule has 5 nitrogen and oxygen atoms in total. The van der Waals surface area contributed by atoms with Crippen molar-refractivity contribution in [2.75, 3.05) is 0 Å². The molecule has 1 aromatic heterocycles. The smallest absolute Gasteiger partial charge is 0.268 e. The van der Waals surface area contributed by atoms with Gasteiger partial charge in [-0.2, -0.15) is 0 Å². The van der Waals surface area contributed by atoms with E-state index in [1.807, 2.05) is 49.4 Å². The first-order chi connectivity index (χ1) is 16.0. The number of benzene rings is 2. The largest absolute Gasteiger partial charge is 0.457 e. The minimum atomic E-state index is -0.334. The maximum absolute atomic E-state index is 13.1. The predicted molar refractivity (Wildman–Crippen MR) is 133 cm³/mol. The van der Waals surface area contributed by atoms with E-state index in [4.69, 9.17) is 4.42 Å². The van der Waals surface area contributed by atoms with E-state index < -0.39 is 0 Å². The number of furan rings is 1. The molecular formula is C27H27BrN2O3. The lowest BCUT2D eigenvalue weighted by molar-refractivity contribution is -0.118. The molecule has 1 aliphatic carbocycles. The predicted octanol–water partition coefficient (Wildman–Crippen LogP) is 6.24. The molecule has 0 unspecified atom stereocenters. The van der Waals surface area contributed by atoms with Crippen molar-refractivity contribution in [1.29, 1.82) is 0 Å². The Hall–Kier alpha value is -3.12. The normalized spacial score (nSPS) is 14.7. The molecule has 1 saturated carbocycles. The average molecular weight is 507 g/mol. The Labute approximate surface area is 202 Å². The number of aryl methyl sites for hydroxylation is 1. The first-order valence-corrected chi connectivity index (χ1v) is 12.0. The summed E-state index contributed by atoms with van der Waals surface area (Å²) in [5, 5.41) is 5.87. The van der Waals surface area contributed by atoms with E-state index in [1.165, 1.54) is 6.42 Å². The summed E-state index contributed by atoms with van der Waals surface area (Å²) in [4.78, 5) is 26.0. The van der Waals surface area contributed by atoms with Crippen LogP contribution in [0.3, 0.4) is 0 Å². The highest BCUT2D eigenvalue weighted by molar-refractivity contribution is 9.10. The number of hydrogen-bond donors (Lipinski definition) is 2. The number of rotatable bonds is 6. The van der Waals surface area contributed by atoms with Gasteiger partial charge in [0.2, 0.25) is 0 Å². The van der Waals surface area contributed by atoms with E-state index in [0.717, 1.165) is 41.3 Å². The maximum atomic E-state index is 13.1. The van der Waals surface area contributed by atoms with E-state index in [-0.39, 0.29) is 23.6 Å². The molecule has 1 heterocycles. The van der Waals surface area contributed by atoms with Crippen LogP contribution in [0.1, 0.15) is 53.8 Å². The van der Waals surface area contributed by atoms with Gasteiger partial charge in [0, 0.05) is 27.7 Å². The second-order valence-corrected chi connectivity index (χ2v) is 9.31. The molecule has 0 radical (unpaired) electrons. The Balaban J connectivity index is 1.57. The summed E-state index contributed by atoms with van der Waals surface area (Å²) < 4.78 is 6.94. The third-order valence-corrected chi connectivity index (χ3v) is 6.32. The fraction of sp³-hybridized carbons (Fsp3) is 0.259. The molecule has 170 valence electrons. The lowest BCUT2D eigenvalue weighted by atomic mass is 9.95. The second kappa shape index (κ2) is 10.7. The maximum Gasteiger partial charge on any atom is 0.268 e. The van der Waals surface area contributed by atoms with Gasteiger partial charge in [-0.3, -0.25) is 9.59 Å². The standard InChI is InChI=1S/C27H27BrN2O3/c1-18-7-9-20(10-8-18)26(31)30-24(27(32)29-22-5-3-2-4-6-22)17-23-15-16-25(33-23)19-11-13-21(28)14-12-19/h7-17,22H,2-6H2,1H3,(H,29,32)(H,30,31). The Kier molecular flexibility index (Phi) is 7.45. The van der Waals surface area contributed by atoms with Crippen LogP contribution in [0.25, 0.3) is 17.4 Å². The van der Waals surface area contributed by atoms with Gasteiger partial charge in [0.1, 0.15) is 17.2 Å². The van der Waals surface area contributed by atoms with Crippen LogP contribution in [-0.4, -0.2) is 17.9 Å². The number of carbonyl (C=O) groups excluding carboxylic acids is 2. The highest BCUT2D eigenvalue weighted by Crippen LogP contribution is 2.25. The van der Waals surface area contributed by atoms with Crippen molar-refractivity contribution in [2.45, 2.75) is 45.1 Å². The third-order valence-electron chi connectivity index (χ3n) is 5.79. The molecule has 33 heavy (non-hydrogen) atoms. The number of amides is 2. The zero-order valence-electron chi connectivity index (χ0n) is 18.6. The van der Waals surface area contributed by atoms with Crippen LogP contribution in [0, 0.1) is 6.92 Å². The summed E-state index contributed by atoms with van der Waals surface area (Å²) in [5.41, 5.74) is 2.65. The van der Waals surface area contributed by atoms with Crippen molar-refractivity contribution in [3.05, 3.63) is 87.7 Å². The molecule has 4 rings (SSSR count). The number of carbonyl (C=O) groups is 2. The van der Waals surface area contributed by atoms with Gasteiger partial charge in [-0.05, 0) is 56.2 Å². The van der Waals surface area contributed by atoms with E-state index in [2.05, 4.69) is 26.6 Å². The molecular weight excluding hydrogens is 480 g/mol. The Morgan fingerprint density at radius 3 is 2.33 bits per heavy atom. The molecule has 1 fully saturated rings. The van der Waals surface area contributed by atoms with E-state index in [0.29, 0.717) is 17.1 Å². The van der Waals surface area contributed by atoms with Gasteiger partial charge >= 0.3 is 0 Å². The Morgan fingerprint density at radius 1 is 0.939 bits per heavy atom. The van der Waals surface area contributed by atoms with Crippen LogP contribution in [0.15, 0.2) is 75.3 Å². The summed E-state index contributed by atoms with van der Waals surface area (Å²) in [6.45, 7) is 1.96. The fourth-order valence-corrected chi connectivity index (χ4v) is 4.17. The topological polar surface area (TPSA) is 71.3 Å². The first kappa shape index (κ1) is 23.1. The van der Waals surface area contributed by atoms with Crippen molar-refractivity contribution < 1.29 is 14.0 Å². The van der Waals surface area contributed by atoms with Crippen molar-refractivity contribution in [2.24, 2.45) is 0 Å². The molecule has 2 aromatic carbocycles. The minimum absolute atomic E-state index is 0.126.